The second-order valence-electron chi connectivity index (χ2n) is 13.1. The number of hydrogen-bond acceptors (Lipinski definition) is 7. The zero-order valence-electron chi connectivity index (χ0n) is 26.6. The predicted molar refractivity (Wildman–Crippen MR) is 167 cm³/mol. The van der Waals surface area contributed by atoms with Gasteiger partial charge in [-0.2, -0.15) is 0 Å². The average molecular weight is 622 g/mol. The minimum Gasteiger partial charge on any atom is -0.463 e. The van der Waals surface area contributed by atoms with Gasteiger partial charge in [0.15, 0.2) is 0 Å². The van der Waals surface area contributed by atoms with Crippen molar-refractivity contribution in [2.45, 2.75) is 89.1 Å². The standard InChI is InChI=1S/C35H47N3O7/c1-4-5-11-18-37-19-12-17-35-30(33(42)38(31(35)34(37)43)25(21-39)20-23(2)3)29-27(45-35)15-9-10-16-28(40)44-22-26(36-32(29)41)24-13-7-6-8-14-24/h6-9,12-15,17,23,25-27,29-31,39H,4-5,10-11,16,18-22H2,1-3H3,(H,36,41)/b15-9-/t25-,26+,27-,29+,30+,31-,35+/m1/s1. The Morgan fingerprint density at radius 2 is 1.84 bits per heavy atom. The first kappa shape index (κ1) is 32.9. The zero-order valence-corrected chi connectivity index (χ0v) is 26.6. The lowest BCUT2D eigenvalue weighted by Crippen LogP contribution is -2.58. The van der Waals surface area contributed by atoms with Gasteiger partial charge in [0.05, 0.1) is 36.6 Å². The number of aliphatic hydroxyl groups is 1. The Balaban J connectivity index is 1.59. The summed E-state index contributed by atoms with van der Waals surface area (Å²) in [5.74, 6) is -3.17. The van der Waals surface area contributed by atoms with E-state index < -0.39 is 47.6 Å². The van der Waals surface area contributed by atoms with Crippen molar-refractivity contribution in [3.05, 3.63) is 60.2 Å². The molecule has 0 saturated carbocycles. The van der Waals surface area contributed by atoms with Crippen LogP contribution in [0.15, 0.2) is 54.6 Å². The molecule has 2 saturated heterocycles. The molecule has 0 unspecified atom stereocenters. The van der Waals surface area contributed by atoms with Crippen LogP contribution < -0.4 is 5.32 Å². The summed E-state index contributed by atoms with van der Waals surface area (Å²) in [5.41, 5.74) is -0.637. The SMILES string of the molecule is CCCCCN1CC=C[C@]23O[C@@H]4/C=C\CCC(=O)OC[C@@H](c5ccccc5)NC(=O)[C@@H]4[C@H]2C(=O)N([C@@H](CO)CC(C)C)[C@@H]3C1=O. The lowest BCUT2D eigenvalue weighted by Gasteiger charge is -2.39. The van der Waals surface area contributed by atoms with Crippen LogP contribution in [0.3, 0.4) is 0 Å². The van der Waals surface area contributed by atoms with Gasteiger partial charge >= 0.3 is 5.97 Å². The molecule has 2 fully saturated rings. The van der Waals surface area contributed by atoms with Crippen LogP contribution in [0.5, 0.6) is 0 Å². The van der Waals surface area contributed by atoms with Crippen molar-refractivity contribution in [2.24, 2.45) is 17.8 Å². The monoisotopic (exact) mass is 621 g/mol. The maximum Gasteiger partial charge on any atom is 0.306 e. The van der Waals surface area contributed by atoms with E-state index in [0.717, 1.165) is 24.8 Å². The predicted octanol–water partition coefficient (Wildman–Crippen LogP) is 3.31. The minimum atomic E-state index is -1.40. The first-order valence-corrected chi connectivity index (χ1v) is 16.5. The molecule has 4 aliphatic heterocycles. The molecule has 2 N–H and O–H groups in total. The number of fused-ring (bicyclic) bond motifs is 2. The van der Waals surface area contributed by atoms with E-state index in [2.05, 4.69) is 12.2 Å². The zero-order chi connectivity index (χ0) is 32.1. The number of nitrogens with one attached hydrogen (secondary N) is 1. The van der Waals surface area contributed by atoms with E-state index >= 15 is 0 Å². The van der Waals surface area contributed by atoms with Crippen molar-refractivity contribution >= 4 is 23.7 Å². The number of hydrogen-bond donors (Lipinski definition) is 2. The summed E-state index contributed by atoms with van der Waals surface area (Å²) in [6, 6.07) is 6.99. The highest BCUT2D eigenvalue weighted by Gasteiger charge is 2.72. The van der Waals surface area contributed by atoms with E-state index in [0.29, 0.717) is 25.9 Å². The highest BCUT2D eigenvalue weighted by molar-refractivity contribution is 6.00. The number of carbonyl (C=O) groups is 4. The molecule has 4 aliphatic rings. The number of aliphatic hydroxyl groups excluding tert-OH is 1. The summed E-state index contributed by atoms with van der Waals surface area (Å²) in [6.45, 7) is 6.69. The van der Waals surface area contributed by atoms with Crippen LogP contribution in [0.25, 0.3) is 0 Å². The highest BCUT2D eigenvalue weighted by atomic mass is 16.5. The fraction of sp³-hybridized carbons (Fsp3) is 0.600. The lowest BCUT2D eigenvalue weighted by atomic mass is 9.77. The molecule has 1 aromatic rings. The average Bonchev–Trinajstić information content (AvgIpc) is 3.42. The van der Waals surface area contributed by atoms with Crippen molar-refractivity contribution in [1.29, 1.82) is 0 Å². The van der Waals surface area contributed by atoms with E-state index in [4.69, 9.17) is 9.47 Å². The Hall–Kier alpha value is -3.50. The van der Waals surface area contributed by atoms with Gasteiger partial charge in [-0.05, 0) is 30.7 Å². The molecule has 0 radical (unpaired) electrons. The summed E-state index contributed by atoms with van der Waals surface area (Å²) < 4.78 is 12.3. The van der Waals surface area contributed by atoms with Crippen molar-refractivity contribution in [2.75, 3.05) is 26.3 Å². The highest BCUT2D eigenvalue weighted by Crippen LogP contribution is 2.53. The molecule has 0 aliphatic carbocycles. The summed E-state index contributed by atoms with van der Waals surface area (Å²) in [5, 5.41) is 13.6. The van der Waals surface area contributed by atoms with Gasteiger partial charge in [-0.25, -0.2) is 0 Å². The molecule has 5 rings (SSSR count). The van der Waals surface area contributed by atoms with Crippen LogP contribution in [0.4, 0.5) is 0 Å². The third-order valence-electron chi connectivity index (χ3n) is 9.47. The topological polar surface area (TPSA) is 125 Å². The molecule has 4 heterocycles. The number of allylic oxidation sites excluding steroid dienone is 1. The number of nitrogens with zero attached hydrogens (tertiary/aromatic N) is 2. The molecule has 7 atom stereocenters. The molecule has 0 bridgehead atoms. The van der Waals surface area contributed by atoms with Crippen LogP contribution in [-0.4, -0.2) is 88.7 Å². The number of amides is 3. The van der Waals surface area contributed by atoms with Gasteiger partial charge in [-0.15, -0.1) is 0 Å². The molecular formula is C35H47N3O7. The number of carbonyl (C=O) groups excluding carboxylic acids is 4. The van der Waals surface area contributed by atoms with Gasteiger partial charge in [0.25, 0.3) is 0 Å². The third kappa shape index (κ3) is 6.58. The van der Waals surface area contributed by atoms with Crippen molar-refractivity contribution in [3.63, 3.8) is 0 Å². The second kappa shape index (κ2) is 14.3. The smallest absolute Gasteiger partial charge is 0.306 e. The van der Waals surface area contributed by atoms with Gasteiger partial charge in [0.1, 0.15) is 18.2 Å². The van der Waals surface area contributed by atoms with Crippen molar-refractivity contribution < 1.29 is 33.8 Å². The van der Waals surface area contributed by atoms with Crippen LogP contribution in [0.1, 0.15) is 70.9 Å². The Morgan fingerprint density at radius 1 is 1.07 bits per heavy atom. The second-order valence-corrected chi connectivity index (χ2v) is 13.1. The lowest BCUT2D eigenvalue weighted by molar-refractivity contribution is -0.151. The summed E-state index contributed by atoms with van der Waals surface area (Å²) in [7, 11) is 0. The number of unbranched alkanes of at least 4 members (excludes halogenated alkanes) is 2. The number of benzene rings is 1. The van der Waals surface area contributed by atoms with Crippen LogP contribution in [0.2, 0.25) is 0 Å². The maximum absolute atomic E-state index is 14.7. The van der Waals surface area contributed by atoms with Crippen LogP contribution in [0, 0.1) is 17.8 Å². The van der Waals surface area contributed by atoms with E-state index in [1.54, 1.807) is 17.1 Å². The maximum atomic E-state index is 14.7. The first-order chi connectivity index (χ1) is 21.7. The van der Waals surface area contributed by atoms with E-state index in [-0.39, 0.29) is 43.3 Å². The fourth-order valence-corrected chi connectivity index (χ4v) is 7.39. The van der Waals surface area contributed by atoms with E-state index in [1.807, 2.05) is 56.3 Å². The summed E-state index contributed by atoms with van der Waals surface area (Å²) in [6.07, 6.45) is 10.3. The van der Waals surface area contributed by atoms with Crippen LogP contribution in [-0.2, 0) is 28.7 Å². The van der Waals surface area contributed by atoms with Gasteiger partial charge in [0, 0.05) is 19.5 Å². The molecule has 244 valence electrons. The van der Waals surface area contributed by atoms with Crippen molar-refractivity contribution in [1.82, 2.24) is 15.1 Å². The molecule has 1 spiro atoms. The Bertz CT molecular complexity index is 1300. The van der Waals surface area contributed by atoms with Gasteiger partial charge in [-0.3, -0.25) is 19.2 Å². The Morgan fingerprint density at radius 3 is 2.56 bits per heavy atom. The molecule has 45 heavy (non-hydrogen) atoms. The van der Waals surface area contributed by atoms with Gasteiger partial charge < -0.3 is 29.7 Å². The minimum absolute atomic E-state index is 0.0544. The Kier molecular flexibility index (Phi) is 10.4. The molecule has 3 amide bonds. The molecule has 10 nitrogen and oxygen atoms in total. The largest absolute Gasteiger partial charge is 0.463 e. The number of esters is 1. The van der Waals surface area contributed by atoms with Gasteiger partial charge in [0.2, 0.25) is 17.7 Å². The molecule has 1 aromatic carbocycles. The third-order valence-corrected chi connectivity index (χ3v) is 9.47. The quantitative estimate of drug-likeness (QED) is 0.246. The summed E-state index contributed by atoms with van der Waals surface area (Å²) in [4.78, 5) is 59.3. The van der Waals surface area contributed by atoms with Crippen LogP contribution >= 0.6 is 0 Å². The summed E-state index contributed by atoms with van der Waals surface area (Å²) >= 11 is 0. The van der Waals surface area contributed by atoms with E-state index in [1.165, 1.54) is 4.90 Å². The normalized spacial score (nSPS) is 31.7. The Labute approximate surface area is 265 Å². The molecule has 10 heteroatoms. The fourth-order valence-electron chi connectivity index (χ4n) is 7.39. The molecular weight excluding hydrogens is 574 g/mol. The van der Waals surface area contributed by atoms with Gasteiger partial charge in [-0.1, -0.05) is 88.2 Å². The van der Waals surface area contributed by atoms with Crippen molar-refractivity contribution in [3.8, 4) is 0 Å². The number of likely N-dealkylation sites (tertiary alicyclic amines) is 1. The van der Waals surface area contributed by atoms with E-state index in [9.17, 15) is 24.3 Å². The number of cyclic esters (lactones) is 1. The number of ether oxygens (including phenoxy) is 2. The first-order valence-electron chi connectivity index (χ1n) is 16.5. The number of rotatable bonds is 9. The molecule has 0 aromatic heterocycles.